The number of likely N-dealkylation sites (tertiary alicyclic amines) is 1. The highest BCUT2D eigenvalue weighted by atomic mass is 16.5. The summed E-state index contributed by atoms with van der Waals surface area (Å²) >= 11 is 0. The first-order valence-corrected chi connectivity index (χ1v) is 9.63. The monoisotopic (exact) mass is 396 g/mol. The van der Waals surface area contributed by atoms with Gasteiger partial charge in [0.05, 0.1) is 24.2 Å². The van der Waals surface area contributed by atoms with Crippen LogP contribution in [-0.4, -0.2) is 53.5 Å². The molecule has 0 spiro atoms. The number of hydrogen-bond acceptors (Lipinski definition) is 4. The Morgan fingerprint density at radius 2 is 1.59 bits per heavy atom. The van der Waals surface area contributed by atoms with E-state index in [9.17, 15) is 19.5 Å². The number of amides is 2. The molecule has 2 N–H and O–H groups in total. The molecule has 1 fully saturated rings. The summed E-state index contributed by atoms with van der Waals surface area (Å²) in [5.41, 5.74) is 0.201. The van der Waals surface area contributed by atoms with Crippen molar-refractivity contribution in [3.63, 3.8) is 0 Å². The highest BCUT2D eigenvalue weighted by molar-refractivity contribution is 6.04. The van der Waals surface area contributed by atoms with E-state index in [2.05, 4.69) is 5.32 Å². The Bertz CT molecular complexity index is 861. The minimum atomic E-state index is -1.12. The van der Waals surface area contributed by atoms with E-state index in [1.54, 1.807) is 17.0 Å². The lowest BCUT2D eigenvalue weighted by molar-refractivity contribution is -0.122. The molecule has 2 amide bonds. The van der Waals surface area contributed by atoms with Crippen LogP contribution in [0.1, 0.15) is 40.0 Å². The fraction of sp³-hybridized carbons (Fsp3) is 0.318. The number of benzene rings is 2. The Morgan fingerprint density at radius 1 is 0.966 bits per heavy atom. The van der Waals surface area contributed by atoms with Crippen molar-refractivity contribution >= 4 is 17.8 Å². The van der Waals surface area contributed by atoms with Crippen LogP contribution in [0.2, 0.25) is 0 Å². The van der Waals surface area contributed by atoms with Gasteiger partial charge < -0.3 is 20.1 Å². The number of para-hydroxylation sites is 1. The van der Waals surface area contributed by atoms with Crippen LogP contribution in [0.25, 0.3) is 0 Å². The smallest absolute Gasteiger partial charge is 0.336 e. The molecular weight excluding hydrogens is 372 g/mol. The molecule has 7 nitrogen and oxygen atoms in total. The van der Waals surface area contributed by atoms with E-state index < -0.39 is 5.97 Å². The lowest BCUT2D eigenvalue weighted by Crippen LogP contribution is -2.47. The van der Waals surface area contributed by atoms with Crippen molar-refractivity contribution in [1.82, 2.24) is 10.2 Å². The summed E-state index contributed by atoms with van der Waals surface area (Å²) in [6, 6.07) is 15.5. The average molecular weight is 396 g/mol. The third-order valence-electron chi connectivity index (χ3n) is 4.88. The summed E-state index contributed by atoms with van der Waals surface area (Å²) in [4.78, 5) is 37.8. The number of carboxylic acid groups (broad SMARTS) is 1. The number of hydrogen-bond donors (Lipinski definition) is 2. The van der Waals surface area contributed by atoms with Gasteiger partial charge in [-0.3, -0.25) is 9.59 Å². The molecular formula is C22H24N2O5. The van der Waals surface area contributed by atoms with Crippen LogP contribution in [0, 0.1) is 0 Å². The predicted octanol–water partition coefficient (Wildman–Crippen LogP) is 2.57. The molecule has 29 heavy (non-hydrogen) atoms. The normalized spacial score (nSPS) is 14.3. The Labute approximate surface area is 169 Å². The van der Waals surface area contributed by atoms with Gasteiger partial charge in [-0.05, 0) is 37.1 Å². The molecule has 0 saturated carbocycles. The van der Waals surface area contributed by atoms with Gasteiger partial charge in [0.1, 0.15) is 5.75 Å². The van der Waals surface area contributed by atoms with Crippen LogP contribution < -0.4 is 10.1 Å². The first kappa shape index (κ1) is 20.4. The van der Waals surface area contributed by atoms with E-state index >= 15 is 0 Å². The Morgan fingerprint density at radius 3 is 2.24 bits per heavy atom. The molecule has 7 heteroatoms. The average Bonchev–Trinajstić information content (AvgIpc) is 2.74. The van der Waals surface area contributed by atoms with E-state index in [1.165, 1.54) is 12.1 Å². The quantitative estimate of drug-likeness (QED) is 0.750. The Kier molecular flexibility index (Phi) is 6.84. The number of carbonyl (C=O) groups excluding carboxylic acids is 2. The van der Waals surface area contributed by atoms with Gasteiger partial charge >= 0.3 is 5.97 Å². The second kappa shape index (κ2) is 9.73. The number of piperidine rings is 1. The molecule has 152 valence electrons. The maximum absolute atomic E-state index is 12.7. The van der Waals surface area contributed by atoms with Crippen LogP contribution in [-0.2, 0) is 4.79 Å². The van der Waals surface area contributed by atoms with Gasteiger partial charge in [0, 0.05) is 19.1 Å². The van der Waals surface area contributed by atoms with Crippen molar-refractivity contribution in [2.45, 2.75) is 25.3 Å². The molecule has 0 radical (unpaired) electrons. The summed E-state index contributed by atoms with van der Waals surface area (Å²) in [7, 11) is 0. The predicted molar refractivity (Wildman–Crippen MR) is 107 cm³/mol. The third kappa shape index (κ3) is 5.57. The topological polar surface area (TPSA) is 95.9 Å². The summed E-state index contributed by atoms with van der Waals surface area (Å²) in [6.07, 6.45) is 1.53. The lowest BCUT2D eigenvalue weighted by Gasteiger charge is -2.32. The first-order chi connectivity index (χ1) is 14.0. The van der Waals surface area contributed by atoms with Gasteiger partial charge in [0.2, 0.25) is 5.91 Å². The van der Waals surface area contributed by atoms with Crippen molar-refractivity contribution < 1.29 is 24.2 Å². The van der Waals surface area contributed by atoms with E-state index in [0.29, 0.717) is 32.5 Å². The summed E-state index contributed by atoms with van der Waals surface area (Å²) in [5, 5.41) is 12.3. The van der Waals surface area contributed by atoms with E-state index in [1.807, 2.05) is 30.3 Å². The standard InChI is InChI=1S/C22H24N2O5/c25-20(12-15-29-17-6-2-1-3-7-17)23-16-10-13-24(14-11-16)21(26)18-8-4-5-9-19(18)22(27)28/h1-9,16H,10-15H2,(H,23,25)(H,27,28). The summed E-state index contributed by atoms with van der Waals surface area (Å²) in [6.45, 7) is 1.25. The highest BCUT2D eigenvalue weighted by Crippen LogP contribution is 2.17. The maximum Gasteiger partial charge on any atom is 0.336 e. The molecule has 3 rings (SSSR count). The SMILES string of the molecule is O=C(CCOc1ccccc1)NC1CCN(C(=O)c2ccccc2C(=O)O)CC1. The minimum absolute atomic E-state index is 0.00186. The molecule has 0 atom stereocenters. The second-order valence-electron chi connectivity index (χ2n) is 6.90. The minimum Gasteiger partial charge on any atom is -0.493 e. The van der Waals surface area contributed by atoms with Crippen molar-refractivity contribution in [2.75, 3.05) is 19.7 Å². The van der Waals surface area contributed by atoms with Crippen molar-refractivity contribution in [2.24, 2.45) is 0 Å². The van der Waals surface area contributed by atoms with Gasteiger partial charge in [-0.25, -0.2) is 4.79 Å². The molecule has 1 heterocycles. The number of carbonyl (C=O) groups is 3. The summed E-state index contributed by atoms with van der Waals surface area (Å²) < 4.78 is 5.53. The van der Waals surface area contributed by atoms with Crippen LogP contribution >= 0.6 is 0 Å². The van der Waals surface area contributed by atoms with Crippen molar-refractivity contribution in [1.29, 1.82) is 0 Å². The van der Waals surface area contributed by atoms with Gasteiger partial charge in [-0.15, -0.1) is 0 Å². The van der Waals surface area contributed by atoms with Crippen LogP contribution in [0.15, 0.2) is 54.6 Å². The number of rotatable bonds is 7. The number of aromatic carboxylic acids is 1. The molecule has 2 aromatic rings. The third-order valence-corrected chi connectivity index (χ3v) is 4.88. The van der Waals surface area contributed by atoms with Crippen LogP contribution in [0.3, 0.4) is 0 Å². The van der Waals surface area contributed by atoms with Gasteiger partial charge in [0.15, 0.2) is 0 Å². The number of carboxylic acids is 1. The molecule has 0 unspecified atom stereocenters. The number of ether oxygens (including phenoxy) is 1. The van der Waals surface area contributed by atoms with Gasteiger partial charge in [-0.2, -0.15) is 0 Å². The highest BCUT2D eigenvalue weighted by Gasteiger charge is 2.26. The lowest BCUT2D eigenvalue weighted by atomic mass is 10.0. The van der Waals surface area contributed by atoms with Crippen molar-refractivity contribution in [3.8, 4) is 5.75 Å². The molecule has 1 aliphatic rings. The molecule has 2 aromatic carbocycles. The second-order valence-corrected chi connectivity index (χ2v) is 6.90. The zero-order valence-electron chi connectivity index (χ0n) is 16.0. The van der Waals surface area contributed by atoms with Crippen LogP contribution in [0.4, 0.5) is 0 Å². The largest absolute Gasteiger partial charge is 0.493 e. The molecule has 1 aliphatic heterocycles. The molecule has 0 bridgehead atoms. The molecule has 0 aromatic heterocycles. The number of nitrogens with zero attached hydrogens (tertiary/aromatic N) is 1. The van der Waals surface area contributed by atoms with Crippen molar-refractivity contribution in [3.05, 3.63) is 65.7 Å². The zero-order valence-corrected chi connectivity index (χ0v) is 16.0. The fourth-order valence-electron chi connectivity index (χ4n) is 3.33. The van der Waals surface area contributed by atoms with E-state index in [0.717, 1.165) is 5.75 Å². The first-order valence-electron chi connectivity index (χ1n) is 9.63. The Balaban J connectivity index is 1.44. The van der Waals surface area contributed by atoms with Gasteiger partial charge in [0.25, 0.3) is 5.91 Å². The molecule has 1 saturated heterocycles. The van der Waals surface area contributed by atoms with Gasteiger partial charge in [-0.1, -0.05) is 30.3 Å². The molecule has 0 aliphatic carbocycles. The maximum atomic E-state index is 12.7. The zero-order chi connectivity index (χ0) is 20.6. The summed E-state index contributed by atoms with van der Waals surface area (Å²) in [5.74, 6) is -0.756. The number of nitrogens with one attached hydrogen (secondary N) is 1. The Hall–Kier alpha value is -3.35. The van der Waals surface area contributed by atoms with Crippen LogP contribution in [0.5, 0.6) is 5.75 Å². The fourth-order valence-corrected chi connectivity index (χ4v) is 3.33. The van der Waals surface area contributed by atoms with E-state index in [-0.39, 0.29) is 35.4 Å². The van der Waals surface area contributed by atoms with E-state index in [4.69, 9.17) is 4.74 Å².